The van der Waals surface area contributed by atoms with E-state index in [9.17, 15) is 24.0 Å². The monoisotopic (exact) mass is 921 g/mol. The van der Waals surface area contributed by atoms with Gasteiger partial charge in [-0.3, -0.25) is 44.0 Å². The van der Waals surface area contributed by atoms with Crippen molar-refractivity contribution < 1.29 is 33.4 Å². The Bertz CT molecular complexity index is 2840. The summed E-state index contributed by atoms with van der Waals surface area (Å²) in [5.74, 6) is -1.43. The highest BCUT2D eigenvalue weighted by atomic mass is 16.5. The SMILES string of the molecule is CCn1nc(C)cc1C(=O)Nc1nc2cc(C(N)=O)cc(OCCCNC(=O)CN(C)C)c2n1CCC[C@H]1CN(CCOC)c2cc(C(N)=O)cc3nc(NC(=O)c4cc(C)nn4CC)n1c23. The van der Waals surface area contributed by atoms with Crippen molar-refractivity contribution in [2.24, 2.45) is 11.5 Å². The third-order valence-electron chi connectivity index (χ3n) is 11.4. The maximum Gasteiger partial charge on any atom is 0.276 e. The van der Waals surface area contributed by atoms with Gasteiger partial charge in [0.05, 0.1) is 59.4 Å². The number of fused-ring (bicyclic) bond motifs is 1. The first-order valence-corrected chi connectivity index (χ1v) is 22.3. The first-order valence-electron chi connectivity index (χ1n) is 22.3. The van der Waals surface area contributed by atoms with Crippen molar-refractivity contribution in [1.29, 1.82) is 0 Å². The number of nitrogens with zero attached hydrogens (tertiary/aromatic N) is 10. The molecule has 0 spiro atoms. The zero-order chi connectivity index (χ0) is 48.1. The van der Waals surface area contributed by atoms with Crippen LogP contribution >= 0.6 is 0 Å². The zero-order valence-corrected chi connectivity index (χ0v) is 39.0. The zero-order valence-electron chi connectivity index (χ0n) is 39.0. The van der Waals surface area contributed by atoms with Crippen LogP contribution in [0.25, 0.3) is 22.1 Å². The molecule has 0 radical (unpaired) electrons. The summed E-state index contributed by atoms with van der Waals surface area (Å²) >= 11 is 0. The van der Waals surface area contributed by atoms with Gasteiger partial charge in [0.1, 0.15) is 22.7 Å². The molecule has 0 saturated heterocycles. The molecule has 67 heavy (non-hydrogen) atoms. The lowest BCUT2D eigenvalue weighted by Gasteiger charge is -2.36. The Morgan fingerprint density at radius 3 is 1.97 bits per heavy atom. The molecule has 5 heterocycles. The third-order valence-corrected chi connectivity index (χ3v) is 11.4. The highest BCUT2D eigenvalue weighted by Crippen LogP contribution is 2.41. The lowest BCUT2D eigenvalue weighted by molar-refractivity contribution is -0.121. The number of primary amides is 2. The number of carbonyl (C=O) groups is 5. The van der Waals surface area contributed by atoms with Gasteiger partial charge in [-0.05, 0) is 97.5 Å². The number of likely N-dealkylation sites (N-methyl/N-ethyl adjacent to an activating group) is 1. The predicted octanol–water partition coefficient (Wildman–Crippen LogP) is 3.07. The third kappa shape index (κ3) is 10.4. The number of ether oxygens (including phenoxy) is 2. The molecule has 0 unspecified atom stereocenters. The molecule has 1 aliphatic heterocycles. The lowest BCUT2D eigenvalue weighted by Crippen LogP contribution is -2.38. The Labute approximate surface area is 386 Å². The highest BCUT2D eigenvalue weighted by molar-refractivity contribution is 6.06. The van der Waals surface area contributed by atoms with Crippen LogP contribution in [0, 0.1) is 13.8 Å². The Morgan fingerprint density at radius 2 is 1.37 bits per heavy atom. The molecule has 2 aromatic carbocycles. The number of methoxy groups -OCH3 is 1. The number of amides is 5. The maximum absolute atomic E-state index is 14.0. The van der Waals surface area contributed by atoms with E-state index in [0.29, 0.717) is 116 Å². The Hall–Kier alpha value is -7.33. The highest BCUT2D eigenvalue weighted by Gasteiger charge is 2.32. The summed E-state index contributed by atoms with van der Waals surface area (Å²) in [4.78, 5) is 79.1. The summed E-state index contributed by atoms with van der Waals surface area (Å²) in [6.07, 6.45) is 1.49. The van der Waals surface area contributed by atoms with Crippen LogP contribution in [-0.4, -0.2) is 134 Å². The number of nitrogens with two attached hydrogens (primary N) is 2. The predicted molar refractivity (Wildman–Crippen MR) is 252 cm³/mol. The van der Waals surface area contributed by atoms with E-state index >= 15 is 0 Å². The molecule has 7 N–H and O–H groups in total. The molecule has 1 atom stereocenters. The average Bonchev–Trinajstić information content (AvgIpc) is 4.05. The van der Waals surface area contributed by atoms with Gasteiger partial charge in [0, 0.05) is 57.5 Å². The Kier molecular flexibility index (Phi) is 14.5. The molecule has 7 rings (SSSR count). The van der Waals surface area contributed by atoms with Crippen molar-refractivity contribution in [3.63, 3.8) is 0 Å². The summed E-state index contributed by atoms with van der Waals surface area (Å²) in [5.41, 5.74) is 16.9. The minimum absolute atomic E-state index is 0.121. The number of rotatable bonds is 22. The van der Waals surface area contributed by atoms with Gasteiger partial charge in [-0.15, -0.1) is 0 Å². The van der Waals surface area contributed by atoms with E-state index in [4.69, 9.17) is 30.9 Å². The van der Waals surface area contributed by atoms with Gasteiger partial charge >= 0.3 is 0 Å². The summed E-state index contributed by atoms with van der Waals surface area (Å²) in [6, 6.07) is 9.63. The van der Waals surface area contributed by atoms with Gasteiger partial charge in [0.25, 0.3) is 11.8 Å². The number of carbonyl (C=O) groups excluding carboxylic acids is 5. The summed E-state index contributed by atoms with van der Waals surface area (Å²) in [7, 11) is 5.24. The van der Waals surface area contributed by atoms with E-state index in [1.165, 1.54) is 0 Å². The molecule has 22 heteroatoms. The van der Waals surface area contributed by atoms with Crippen LogP contribution in [-0.2, 0) is 29.2 Å². The number of anilines is 3. The summed E-state index contributed by atoms with van der Waals surface area (Å²) in [5, 5.41) is 17.8. The van der Waals surface area contributed by atoms with Gasteiger partial charge in [0.2, 0.25) is 29.6 Å². The first-order chi connectivity index (χ1) is 32.1. The van der Waals surface area contributed by atoms with Gasteiger partial charge in [0.15, 0.2) is 0 Å². The van der Waals surface area contributed by atoms with E-state index in [2.05, 4.69) is 31.0 Å². The fourth-order valence-electron chi connectivity index (χ4n) is 8.48. The molecule has 0 aliphatic carbocycles. The fourth-order valence-corrected chi connectivity index (χ4v) is 8.48. The van der Waals surface area contributed by atoms with E-state index < -0.39 is 23.6 Å². The second-order valence-corrected chi connectivity index (χ2v) is 16.7. The number of hydrogen-bond donors (Lipinski definition) is 5. The van der Waals surface area contributed by atoms with Gasteiger partial charge in [-0.1, -0.05) is 0 Å². The minimum Gasteiger partial charge on any atom is -0.491 e. The molecule has 0 saturated carbocycles. The number of aromatic nitrogens is 8. The van der Waals surface area contributed by atoms with E-state index in [0.717, 1.165) is 5.69 Å². The first kappa shape index (κ1) is 47.6. The normalized spacial score (nSPS) is 13.4. The van der Waals surface area contributed by atoms with Gasteiger partial charge in [-0.2, -0.15) is 10.2 Å². The van der Waals surface area contributed by atoms with Crippen LogP contribution in [0.3, 0.4) is 0 Å². The summed E-state index contributed by atoms with van der Waals surface area (Å²) in [6.45, 7) is 10.8. The molecule has 0 fully saturated rings. The summed E-state index contributed by atoms with van der Waals surface area (Å²) < 4.78 is 18.9. The van der Waals surface area contributed by atoms with Crippen LogP contribution in [0.1, 0.15) is 92.2 Å². The number of imidazole rings is 2. The van der Waals surface area contributed by atoms with Crippen LogP contribution in [0.2, 0.25) is 0 Å². The molecule has 4 aromatic heterocycles. The molecular weight excluding hydrogens is 863 g/mol. The second-order valence-electron chi connectivity index (χ2n) is 16.7. The number of aryl methyl sites for hydroxylation is 5. The Balaban J connectivity index is 1.26. The number of benzene rings is 2. The molecule has 5 amide bonds. The van der Waals surface area contributed by atoms with E-state index in [1.807, 2.05) is 50.9 Å². The topological polar surface area (TPSA) is 270 Å². The largest absolute Gasteiger partial charge is 0.491 e. The quantitative estimate of drug-likeness (QED) is 0.0614. The number of hydrogen-bond acceptors (Lipinski definition) is 13. The number of nitrogens with one attached hydrogen (secondary N) is 3. The van der Waals surface area contributed by atoms with Crippen molar-refractivity contribution in [3.05, 3.63) is 70.3 Å². The molecule has 22 nitrogen and oxygen atoms in total. The molecule has 6 aromatic rings. The van der Waals surface area contributed by atoms with Crippen molar-refractivity contribution >= 4 is 69.2 Å². The minimum atomic E-state index is -0.687. The van der Waals surface area contributed by atoms with Crippen molar-refractivity contribution in [2.75, 3.05) is 76.1 Å². The van der Waals surface area contributed by atoms with Crippen molar-refractivity contribution in [1.82, 2.24) is 48.9 Å². The Morgan fingerprint density at radius 1 is 0.776 bits per heavy atom. The second kappa shape index (κ2) is 20.5. The van der Waals surface area contributed by atoms with E-state index in [1.54, 1.807) is 57.8 Å². The van der Waals surface area contributed by atoms with Crippen LogP contribution in [0.5, 0.6) is 5.75 Å². The van der Waals surface area contributed by atoms with Gasteiger partial charge in [-0.25, -0.2) is 9.97 Å². The van der Waals surface area contributed by atoms with E-state index in [-0.39, 0.29) is 48.1 Å². The average molecular weight is 922 g/mol. The van der Waals surface area contributed by atoms with Crippen molar-refractivity contribution in [2.45, 2.75) is 72.6 Å². The van der Waals surface area contributed by atoms with Crippen LogP contribution < -0.4 is 37.1 Å². The van der Waals surface area contributed by atoms with Crippen LogP contribution in [0.15, 0.2) is 36.4 Å². The van der Waals surface area contributed by atoms with Crippen molar-refractivity contribution in [3.8, 4) is 5.75 Å². The molecule has 356 valence electrons. The molecule has 0 bridgehead atoms. The smallest absolute Gasteiger partial charge is 0.276 e. The maximum atomic E-state index is 14.0. The molecule has 1 aliphatic rings. The standard InChI is InChI=1S/C45H59N15O7/c1-8-58-34(18-26(3)53-58)42(64)51-44-49-32-21-29(41(47)63)23-36(67-16-11-13-48-37(61)25-55(5)6)39(32)57(44)14-10-12-30-24-56(15-17-66-7)33-22-28(40(46)62)20-31-38(33)60(30)45(50-31)52-43(65)35-19-27(4)54-59(35)9-2/h18-23,30H,8-17,24-25H2,1-7H3,(H2,46,62)(H2,47,63)(H,48,61)(H,49,51,64)(H,50,52,65)/t30-/m0/s1. The fraction of sp³-hybridized carbons (Fsp3) is 0.444. The van der Waals surface area contributed by atoms with Gasteiger partial charge < -0.3 is 45.2 Å². The van der Waals surface area contributed by atoms with Crippen LogP contribution in [0.4, 0.5) is 17.6 Å². The molecular formula is C45H59N15O7. The lowest BCUT2D eigenvalue weighted by atomic mass is 10.0.